The highest BCUT2D eigenvalue weighted by Crippen LogP contribution is 2.35. The summed E-state index contributed by atoms with van der Waals surface area (Å²) in [6.07, 6.45) is -6.32. The van der Waals surface area contributed by atoms with Gasteiger partial charge in [-0.2, -0.15) is 31.3 Å². The Labute approximate surface area is 248 Å². The maximum atomic E-state index is 12.9. The molecule has 232 valence electrons. The van der Waals surface area contributed by atoms with Crippen molar-refractivity contribution in [1.29, 1.82) is 0 Å². The second-order valence-electron chi connectivity index (χ2n) is 9.69. The summed E-state index contributed by atoms with van der Waals surface area (Å²) in [6, 6.07) is 14.4. The third-order valence-electron chi connectivity index (χ3n) is 6.30. The average Bonchev–Trinajstić information content (AvgIpc) is 3.68. The van der Waals surface area contributed by atoms with Crippen molar-refractivity contribution in [1.82, 2.24) is 15.3 Å². The summed E-state index contributed by atoms with van der Waals surface area (Å²) in [5, 5.41) is 22.6. The third kappa shape index (κ3) is 8.65. The zero-order valence-electron chi connectivity index (χ0n) is 22.2. The Kier molecular flexibility index (Phi) is 9.42. The molecule has 0 spiro atoms. The highest BCUT2D eigenvalue weighted by atomic mass is 32.1. The summed E-state index contributed by atoms with van der Waals surface area (Å²) in [4.78, 5) is 40.9. The molecule has 1 aliphatic carbocycles. The molecule has 0 bridgehead atoms. The van der Waals surface area contributed by atoms with Gasteiger partial charge in [-0.25, -0.2) is 14.6 Å². The number of aliphatic carboxylic acids is 2. The molecular formula is C28H22F6N4O5S. The number of pyridine rings is 1. The maximum absolute atomic E-state index is 12.9. The van der Waals surface area contributed by atoms with E-state index in [0.29, 0.717) is 33.4 Å². The first kappa shape index (κ1) is 32.2. The van der Waals surface area contributed by atoms with Gasteiger partial charge in [-0.05, 0) is 53.8 Å². The van der Waals surface area contributed by atoms with Crippen LogP contribution in [0.25, 0.3) is 21.5 Å². The lowest BCUT2D eigenvalue weighted by atomic mass is 10.0. The number of nitrogens with one attached hydrogen (secondary N) is 2. The van der Waals surface area contributed by atoms with E-state index in [2.05, 4.69) is 20.6 Å². The molecule has 1 amide bonds. The smallest absolute Gasteiger partial charge is 0.480 e. The molecule has 0 radical (unpaired) electrons. The van der Waals surface area contributed by atoms with Crippen LogP contribution in [0.4, 0.5) is 37.2 Å². The molecule has 4 N–H and O–H groups in total. The van der Waals surface area contributed by atoms with Crippen molar-refractivity contribution in [2.75, 3.05) is 5.32 Å². The van der Waals surface area contributed by atoms with E-state index in [-0.39, 0.29) is 5.65 Å². The molecule has 1 aliphatic rings. The van der Waals surface area contributed by atoms with Crippen molar-refractivity contribution in [2.24, 2.45) is 5.92 Å². The lowest BCUT2D eigenvalue weighted by Crippen LogP contribution is -2.41. The predicted molar refractivity (Wildman–Crippen MR) is 147 cm³/mol. The molecule has 0 saturated heterocycles. The van der Waals surface area contributed by atoms with Crippen LogP contribution >= 0.6 is 11.3 Å². The standard InChI is InChI=1S/C26H21F3N4O3S.C2HF3O2/c27-26(28,29)18-12-21-22(30-13-18)33-25(37-21)31-19-9-7-16(8-10-19)15-3-5-17(6-4-15)23(34)32-20(24(35)36)11-14-1-2-14;3-2(4,5)1(6)7/h3-10,12-14,20H,1-2,11H2,(H,32,34)(H,35,36)(H,30,31,33);(H,6,7)/t20-;/m0./s1. The summed E-state index contributed by atoms with van der Waals surface area (Å²) in [5.41, 5.74) is 2.24. The first-order valence-corrected chi connectivity index (χ1v) is 13.6. The second-order valence-corrected chi connectivity index (χ2v) is 10.7. The first-order valence-electron chi connectivity index (χ1n) is 12.7. The Bertz CT molecular complexity index is 1650. The van der Waals surface area contributed by atoms with E-state index in [0.717, 1.165) is 47.6 Å². The number of carbonyl (C=O) groups excluding carboxylic acids is 1. The summed E-state index contributed by atoms with van der Waals surface area (Å²) in [7, 11) is 0. The van der Waals surface area contributed by atoms with E-state index >= 15 is 0 Å². The second kappa shape index (κ2) is 12.9. The Morgan fingerprint density at radius 3 is 2.00 bits per heavy atom. The van der Waals surface area contributed by atoms with Gasteiger partial charge in [0.2, 0.25) is 0 Å². The molecule has 2 aromatic carbocycles. The number of carbonyl (C=O) groups is 3. The van der Waals surface area contributed by atoms with Crippen molar-refractivity contribution in [3.05, 3.63) is 71.9 Å². The largest absolute Gasteiger partial charge is 0.490 e. The Hall–Kier alpha value is -4.73. The molecule has 0 aliphatic heterocycles. The summed E-state index contributed by atoms with van der Waals surface area (Å²) in [6.45, 7) is 0. The number of nitrogens with zero attached hydrogens (tertiary/aromatic N) is 2. The van der Waals surface area contributed by atoms with Gasteiger partial charge in [-0.15, -0.1) is 0 Å². The first-order chi connectivity index (χ1) is 20.6. The van der Waals surface area contributed by atoms with Crippen LogP contribution in [0.1, 0.15) is 35.2 Å². The predicted octanol–water partition coefficient (Wildman–Crippen LogP) is 6.74. The van der Waals surface area contributed by atoms with Crippen LogP contribution in [0.5, 0.6) is 0 Å². The van der Waals surface area contributed by atoms with Gasteiger partial charge in [0.05, 0.1) is 10.3 Å². The van der Waals surface area contributed by atoms with E-state index in [9.17, 15) is 41.0 Å². The Morgan fingerprint density at radius 1 is 0.932 bits per heavy atom. The summed E-state index contributed by atoms with van der Waals surface area (Å²) >= 11 is 1.08. The van der Waals surface area contributed by atoms with Gasteiger partial charge in [0, 0.05) is 17.4 Å². The number of thiazole rings is 1. The SMILES string of the molecule is O=C(N[C@@H](CC1CC1)C(=O)O)c1ccc(-c2ccc(Nc3nc4ncc(C(F)(F)F)cc4s3)cc2)cc1.O=C(O)C(F)(F)F. The minimum atomic E-state index is -5.08. The van der Waals surface area contributed by atoms with Crippen LogP contribution < -0.4 is 10.6 Å². The molecule has 9 nitrogen and oxygen atoms in total. The fourth-order valence-corrected chi connectivity index (χ4v) is 4.75. The van der Waals surface area contributed by atoms with Crippen LogP contribution in [0, 0.1) is 5.92 Å². The molecule has 2 aromatic heterocycles. The van der Waals surface area contributed by atoms with Gasteiger partial charge in [-0.3, -0.25) is 4.79 Å². The van der Waals surface area contributed by atoms with Gasteiger partial charge in [-0.1, -0.05) is 48.4 Å². The molecule has 1 fully saturated rings. The van der Waals surface area contributed by atoms with Gasteiger partial charge in [0.1, 0.15) is 6.04 Å². The van der Waals surface area contributed by atoms with Crippen molar-refractivity contribution in [3.8, 4) is 11.1 Å². The maximum Gasteiger partial charge on any atom is 0.490 e. The number of benzene rings is 2. The van der Waals surface area contributed by atoms with Gasteiger partial charge in [0.15, 0.2) is 10.8 Å². The Balaban J connectivity index is 0.000000566. The van der Waals surface area contributed by atoms with Crippen molar-refractivity contribution in [3.63, 3.8) is 0 Å². The number of fused-ring (bicyclic) bond motifs is 1. The molecule has 16 heteroatoms. The fraction of sp³-hybridized carbons (Fsp3) is 0.250. The van der Waals surface area contributed by atoms with E-state index in [4.69, 9.17) is 9.90 Å². The summed E-state index contributed by atoms with van der Waals surface area (Å²) in [5.74, 6) is -3.84. The lowest BCUT2D eigenvalue weighted by Gasteiger charge is -2.14. The number of carboxylic acids is 2. The zero-order valence-corrected chi connectivity index (χ0v) is 23.1. The van der Waals surface area contributed by atoms with E-state index in [1.54, 1.807) is 24.3 Å². The number of carboxylic acid groups (broad SMARTS) is 2. The van der Waals surface area contributed by atoms with E-state index in [1.165, 1.54) is 0 Å². The van der Waals surface area contributed by atoms with Crippen LogP contribution in [0.2, 0.25) is 0 Å². The molecule has 1 atom stereocenters. The molecule has 1 saturated carbocycles. The molecule has 2 heterocycles. The number of rotatable bonds is 8. The number of hydrogen-bond acceptors (Lipinski definition) is 7. The molecule has 44 heavy (non-hydrogen) atoms. The van der Waals surface area contributed by atoms with E-state index in [1.807, 2.05) is 24.3 Å². The minimum absolute atomic E-state index is 0.239. The highest BCUT2D eigenvalue weighted by molar-refractivity contribution is 7.22. The quantitative estimate of drug-likeness (QED) is 0.155. The molecular weight excluding hydrogens is 618 g/mol. The van der Waals surface area contributed by atoms with Gasteiger partial charge < -0.3 is 20.8 Å². The van der Waals surface area contributed by atoms with Gasteiger partial charge in [0.25, 0.3) is 5.91 Å². The molecule has 4 aromatic rings. The van der Waals surface area contributed by atoms with E-state index < -0.39 is 41.8 Å². The number of halogens is 6. The minimum Gasteiger partial charge on any atom is -0.480 e. The molecule has 0 unspecified atom stereocenters. The number of aromatic nitrogens is 2. The van der Waals surface area contributed by atoms with Gasteiger partial charge >= 0.3 is 24.3 Å². The van der Waals surface area contributed by atoms with Crippen molar-refractivity contribution in [2.45, 2.75) is 37.7 Å². The topological polar surface area (TPSA) is 142 Å². The highest BCUT2D eigenvalue weighted by Gasteiger charge is 2.38. The average molecular weight is 641 g/mol. The molecule has 5 rings (SSSR count). The van der Waals surface area contributed by atoms with Crippen LogP contribution in [-0.4, -0.2) is 50.2 Å². The monoisotopic (exact) mass is 640 g/mol. The zero-order chi connectivity index (χ0) is 32.2. The lowest BCUT2D eigenvalue weighted by molar-refractivity contribution is -0.192. The number of anilines is 2. The normalized spacial score (nSPS) is 13.9. The third-order valence-corrected chi connectivity index (χ3v) is 7.21. The van der Waals surface area contributed by atoms with Crippen LogP contribution in [0.3, 0.4) is 0 Å². The van der Waals surface area contributed by atoms with Crippen LogP contribution in [0.15, 0.2) is 60.8 Å². The van der Waals surface area contributed by atoms with Crippen molar-refractivity contribution >= 4 is 50.3 Å². The van der Waals surface area contributed by atoms with Crippen molar-refractivity contribution < 1.29 is 50.9 Å². The number of alkyl halides is 6. The number of hydrogen-bond donors (Lipinski definition) is 4. The fourth-order valence-electron chi connectivity index (χ4n) is 3.86. The Morgan fingerprint density at radius 2 is 1.50 bits per heavy atom. The number of amides is 1. The van der Waals surface area contributed by atoms with Crippen LogP contribution in [-0.2, 0) is 15.8 Å². The summed E-state index contributed by atoms with van der Waals surface area (Å²) < 4.78 is 70.8.